The minimum absolute atomic E-state index is 0.00931. The number of rotatable bonds is 3. The van der Waals surface area contributed by atoms with Gasteiger partial charge in [-0.15, -0.1) is 0 Å². The molecule has 7 heteroatoms. The average molecular weight is 379 g/mol. The SMILES string of the molecule is CC(C)OC(=O)c1cc(F)c2c(c1)OCCN(C(=O)C1(C)CCOCC1)C2. The first-order valence-electron chi connectivity index (χ1n) is 9.33. The fourth-order valence-corrected chi connectivity index (χ4v) is 3.42. The molecule has 0 atom stereocenters. The summed E-state index contributed by atoms with van der Waals surface area (Å²) in [5.74, 6) is -0.884. The minimum atomic E-state index is -0.595. The molecule has 0 unspecified atom stereocenters. The third-order valence-electron chi connectivity index (χ3n) is 5.10. The summed E-state index contributed by atoms with van der Waals surface area (Å²) >= 11 is 0. The number of fused-ring (bicyclic) bond motifs is 1. The van der Waals surface area contributed by atoms with E-state index in [0.29, 0.717) is 32.6 Å². The molecule has 2 heterocycles. The van der Waals surface area contributed by atoms with Crippen molar-refractivity contribution in [2.24, 2.45) is 5.41 Å². The summed E-state index contributed by atoms with van der Waals surface area (Å²) in [7, 11) is 0. The number of esters is 1. The highest BCUT2D eigenvalue weighted by Gasteiger charge is 2.39. The predicted molar refractivity (Wildman–Crippen MR) is 96.0 cm³/mol. The van der Waals surface area contributed by atoms with Crippen molar-refractivity contribution in [3.05, 3.63) is 29.1 Å². The molecule has 0 radical (unpaired) electrons. The molecule has 1 aromatic carbocycles. The molecule has 148 valence electrons. The second-order valence-electron chi connectivity index (χ2n) is 7.64. The quantitative estimate of drug-likeness (QED) is 0.756. The second-order valence-corrected chi connectivity index (χ2v) is 7.64. The van der Waals surface area contributed by atoms with E-state index in [0.717, 1.165) is 6.07 Å². The van der Waals surface area contributed by atoms with E-state index < -0.39 is 17.2 Å². The van der Waals surface area contributed by atoms with Crippen LogP contribution < -0.4 is 4.74 Å². The van der Waals surface area contributed by atoms with Crippen LogP contribution in [0.5, 0.6) is 5.75 Å². The van der Waals surface area contributed by atoms with Crippen molar-refractivity contribution >= 4 is 11.9 Å². The van der Waals surface area contributed by atoms with Gasteiger partial charge in [0.1, 0.15) is 18.2 Å². The van der Waals surface area contributed by atoms with Crippen LogP contribution in [0.4, 0.5) is 4.39 Å². The Morgan fingerprint density at radius 2 is 1.93 bits per heavy atom. The number of nitrogens with zero attached hydrogens (tertiary/aromatic N) is 1. The molecule has 2 aliphatic heterocycles. The van der Waals surface area contributed by atoms with Crippen LogP contribution in [0.1, 0.15) is 49.5 Å². The van der Waals surface area contributed by atoms with Crippen LogP contribution in [0.2, 0.25) is 0 Å². The maximum Gasteiger partial charge on any atom is 0.338 e. The van der Waals surface area contributed by atoms with Gasteiger partial charge >= 0.3 is 5.97 Å². The number of hydrogen-bond acceptors (Lipinski definition) is 5. The van der Waals surface area contributed by atoms with Crippen LogP contribution in [0.15, 0.2) is 12.1 Å². The largest absolute Gasteiger partial charge is 0.491 e. The fraction of sp³-hybridized carbons (Fsp3) is 0.600. The Bertz CT molecular complexity index is 727. The summed E-state index contributed by atoms with van der Waals surface area (Å²) in [5.41, 5.74) is -0.103. The Labute approximate surface area is 158 Å². The van der Waals surface area contributed by atoms with E-state index in [4.69, 9.17) is 14.2 Å². The van der Waals surface area contributed by atoms with Crippen molar-refractivity contribution in [1.82, 2.24) is 4.90 Å². The standard InChI is InChI=1S/C20H26FNO5/c1-13(2)27-18(23)14-10-16(21)15-12-22(6-9-26-17(15)11-14)19(24)20(3)4-7-25-8-5-20/h10-11,13H,4-9,12H2,1-3H3. The zero-order chi connectivity index (χ0) is 19.6. The molecule has 27 heavy (non-hydrogen) atoms. The third kappa shape index (κ3) is 4.24. The molecule has 2 aliphatic rings. The van der Waals surface area contributed by atoms with E-state index in [1.165, 1.54) is 6.07 Å². The van der Waals surface area contributed by atoms with E-state index in [2.05, 4.69) is 0 Å². The van der Waals surface area contributed by atoms with Crippen molar-refractivity contribution in [3.8, 4) is 5.75 Å². The van der Waals surface area contributed by atoms with Gasteiger partial charge in [-0.25, -0.2) is 9.18 Å². The van der Waals surface area contributed by atoms with Gasteiger partial charge in [-0.1, -0.05) is 6.92 Å². The van der Waals surface area contributed by atoms with E-state index in [9.17, 15) is 14.0 Å². The molecule has 0 bridgehead atoms. The lowest BCUT2D eigenvalue weighted by Crippen LogP contribution is -2.45. The van der Waals surface area contributed by atoms with Gasteiger partial charge in [0, 0.05) is 18.8 Å². The van der Waals surface area contributed by atoms with Crippen molar-refractivity contribution in [1.29, 1.82) is 0 Å². The Balaban J connectivity index is 1.83. The van der Waals surface area contributed by atoms with Crippen molar-refractivity contribution < 1.29 is 28.2 Å². The van der Waals surface area contributed by atoms with Crippen LogP contribution >= 0.6 is 0 Å². The summed E-state index contributed by atoms with van der Waals surface area (Å²) in [4.78, 5) is 26.8. The topological polar surface area (TPSA) is 65.1 Å². The summed E-state index contributed by atoms with van der Waals surface area (Å²) in [6.07, 6.45) is 1.01. The number of carbonyl (C=O) groups is 2. The molecule has 6 nitrogen and oxygen atoms in total. The van der Waals surface area contributed by atoms with Crippen LogP contribution in [0, 0.1) is 11.2 Å². The highest BCUT2D eigenvalue weighted by molar-refractivity contribution is 5.90. The Kier molecular flexibility index (Phi) is 5.69. The van der Waals surface area contributed by atoms with Gasteiger partial charge in [0.2, 0.25) is 5.91 Å². The van der Waals surface area contributed by atoms with Gasteiger partial charge in [0.15, 0.2) is 0 Å². The first kappa shape index (κ1) is 19.6. The molecule has 0 N–H and O–H groups in total. The molecular formula is C20H26FNO5. The molecular weight excluding hydrogens is 353 g/mol. The summed E-state index contributed by atoms with van der Waals surface area (Å²) in [5, 5.41) is 0. The first-order chi connectivity index (χ1) is 12.8. The van der Waals surface area contributed by atoms with Crippen LogP contribution in [-0.2, 0) is 20.8 Å². The lowest BCUT2D eigenvalue weighted by Gasteiger charge is -2.36. The lowest BCUT2D eigenvalue weighted by atomic mass is 9.81. The third-order valence-corrected chi connectivity index (χ3v) is 5.10. The zero-order valence-corrected chi connectivity index (χ0v) is 16.0. The van der Waals surface area contributed by atoms with Gasteiger partial charge in [-0.2, -0.15) is 0 Å². The fourth-order valence-electron chi connectivity index (χ4n) is 3.42. The summed E-state index contributed by atoms with van der Waals surface area (Å²) < 4.78 is 30.9. The van der Waals surface area contributed by atoms with E-state index in [1.807, 2.05) is 6.92 Å². The second kappa shape index (κ2) is 7.84. The van der Waals surface area contributed by atoms with E-state index in [-0.39, 0.29) is 42.0 Å². The van der Waals surface area contributed by atoms with Crippen molar-refractivity contribution in [2.75, 3.05) is 26.4 Å². The number of amides is 1. The summed E-state index contributed by atoms with van der Waals surface area (Å²) in [6, 6.07) is 2.64. The van der Waals surface area contributed by atoms with Gasteiger partial charge in [0.25, 0.3) is 0 Å². The monoisotopic (exact) mass is 379 g/mol. The minimum Gasteiger partial charge on any atom is -0.491 e. The number of halogens is 1. The normalized spacial score (nSPS) is 19.1. The highest BCUT2D eigenvalue weighted by Crippen LogP contribution is 2.35. The van der Waals surface area contributed by atoms with Gasteiger partial charge in [-0.3, -0.25) is 4.79 Å². The first-order valence-corrected chi connectivity index (χ1v) is 9.33. The smallest absolute Gasteiger partial charge is 0.338 e. The number of hydrogen-bond donors (Lipinski definition) is 0. The Morgan fingerprint density at radius 3 is 2.59 bits per heavy atom. The average Bonchev–Trinajstić information content (AvgIpc) is 2.84. The molecule has 0 spiro atoms. The van der Waals surface area contributed by atoms with Crippen molar-refractivity contribution in [3.63, 3.8) is 0 Å². The molecule has 1 fully saturated rings. The van der Waals surface area contributed by atoms with Crippen LogP contribution in [-0.4, -0.2) is 49.2 Å². The van der Waals surface area contributed by atoms with Crippen LogP contribution in [0.25, 0.3) is 0 Å². The molecule has 1 amide bonds. The molecule has 1 aromatic rings. The molecule has 0 aromatic heterocycles. The maximum atomic E-state index is 14.7. The van der Waals surface area contributed by atoms with E-state index >= 15 is 0 Å². The Morgan fingerprint density at radius 1 is 1.22 bits per heavy atom. The van der Waals surface area contributed by atoms with Crippen LogP contribution in [0.3, 0.4) is 0 Å². The van der Waals surface area contributed by atoms with Gasteiger partial charge < -0.3 is 19.1 Å². The molecule has 0 saturated carbocycles. The molecule has 0 aliphatic carbocycles. The van der Waals surface area contributed by atoms with Gasteiger partial charge in [-0.05, 0) is 38.8 Å². The predicted octanol–water partition coefficient (Wildman–Crippen LogP) is 2.93. The lowest BCUT2D eigenvalue weighted by molar-refractivity contribution is -0.147. The van der Waals surface area contributed by atoms with Gasteiger partial charge in [0.05, 0.1) is 30.2 Å². The molecule has 3 rings (SSSR count). The number of ether oxygens (including phenoxy) is 3. The molecule has 1 saturated heterocycles. The number of carbonyl (C=O) groups excluding carboxylic acids is 2. The zero-order valence-electron chi connectivity index (χ0n) is 16.0. The Hall–Kier alpha value is -2.15. The number of benzene rings is 1. The highest BCUT2D eigenvalue weighted by atomic mass is 19.1. The maximum absolute atomic E-state index is 14.7. The van der Waals surface area contributed by atoms with E-state index in [1.54, 1.807) is 18.7 Å². The van der Waals surface area contributed by atoms with Crippen molar-refractivity contribution in [2.45, 2.75) is 46.3 Å². The summed E-state index contributed by atoms with van der Waals surface area (Å²) in [6.45, 7) is 7.24.